The number of nitrogens with zero attached hydrogens (tertiary/aromatic N) is 4. The van der Waals surface area contributed by atoms with E-state index in [9.17, 15) is 14.7 Å². The number of hydrogen-bond donors (Lipinski definition) is 1. The van der Waals surface area contributed by atoms with E-state index in [-0.39, 0.29) is 23.2 Å². The van der Waals surface area contributed by atoms with E-state index in [2.05, 4.69) is 9.97 Å². The summed E-state index contributed by atoms with van der Waals surface area (Å²) in [5.74, 6) is -1.72. The normalized spacial score (nSPS) is 14.7. The van der Waals surface area contributed by atoms with Gasteiger partial charge in [0.25, 0.3) is 0 Å². The van der Waals surface area contributed by atoms with E-state index in [1.54, 1.807) is 24.4 Å². The number of aliphatic carboxylic acids is 1. The van der Waals surface area contributed by atoms with Crippen LogP contribution < -0.4 is 4.90 Å². The summed E-state index contributed by atoms with van der Waals surface area (Å²) in [6.45, 7) is 0. The second-order valence-electron chi connectivity index (χ2n) is 9.95. The van der Waals surface area contributed by atoms with Gasteiger partial charge in [-0.25, -0.2) is 9.97 Å². The molecule has 1 aromatic carbocycles. The Bertz CT molecular complexity index is 1510. The Morgan fingerprint density at radius 1 is 1.24 bits per heavy atom. The van der Waals surface area contributed by atoms with Gasteiger partial charge in [0.15, 0.2) is 5.13 Å². The highest BCUT2D eigenvalue weighted by Crippen LogP contribution is 2.40. The number of fused-ring (bicyclic) bond motifs is 1. The van der Waals surface area contributed by atoms with Crippen molar-refractivity contribution in [1.82, 2.24) is 14.5 Å². The molecule has 1 saturated carbocycles. The first-order chi connectivity index (χ1) is 18.2. The lowest BCUT2D eigenvalue weighted by Gasteiger charge is -2.23. The van der Waals surface area contributed by atoms with Crippen LogP contribution in [-0.2, 0) is 16.6 Å². The second-order valence-corrected chi connectivity index (χ2v) is 11.3. The Morgan fingerprint density at radius 3 is 2.74 bits per heavy atom. The molecule has 0 bridgehead atoms. The monoisotopic (exact) mass is 554 g/mol. The van der Waals surface area contributed by atoms with E-state index in [4.69, 9.17) is 11.6 Å². The van der Waals surface area contributed by atoms with Gasteiger partial charge in [-0.1, -0.05) is 54.7 Å². The van der Waals surface area contributed by atoms with E-state index < -0.39 is 17.0 Å². The molecule has 1 aliphatic rings. The summed E-state index contributed by atoms with van der Waals surface area (Å²) in [6.07, 6.45) is 8.13. The van der Waals surface area contributed by atoms with E-state index in [1.807, 2.05) is 29.9 Å². The first-order valence-electron chi connectivity index (χ1n) is 12.6. The molecule has 0 radical (unpaired) electrons. The van der Waals surface area contributed by atoms with Gasteiger partial charge in [0.1, 0.15) is 11.3 Å². The molecule has 38 heavy (non-hydrogen) atoms. The first kappa shape index (κ1) is 26.3. The number of benzene rings is 1. The van der Waals surface area contributed by atoms with Crippen LogP contribution in [0.2, 0.25) is 5.02 Å². The Labute approximate surface area is 228 Å². The van der Waals surface area contributed by atoms with Gasteiger partial charge in [-0.05, 0) is 42.2 Å². The van der Waals surface area contributed by atoms with E-state index in [0.29, 0.717) is 28.5 Å². The summed E-state index contributed by atoms with van der Waals surface area (Å²) in [7, 11) is 3.45. The number of hydrogen-bond acceptors (Lipinski definition) is 5. The zero-order valence-corrected chi connectivity index (χ0v) is 22.7. The van der Waals surface area contributed by atoms with Gasteiger partial charge in [-0.3, -0.25) is 14.5 Å². The maximum absolute atomic E-state index is 15.4. The molecule has 0 saturated heterocycles. The largest absolute Gasteiger partial charge is 0.481 e. The highest BCUT2D eigenvalue weighted by molar-refractivity contribution is 7.14. The number of amides is 1. The quantitative estimate of drug-likeness (QED) is 0.259. The highest BCUT2D eigenvalue weighted by atomic mass is 35.5. The molecule has 7 nitrogen and oxygen atoms in total. The Morgan fingerprint density at radius 2 is 2.00 bits per heavy atom. The number of pyridine rings is 1. The number of carbonyl (C=O) groups excluding carboxylic acids is 1. The maximum Gasteiger partial charge on any atom is 0.304 e. The topological polar surface area (TPSA) is 88.3 Å². The van der Waals surface area contributed by atoms with Gasteiger partial charge in [-0.15, -0.1) is 0 Å². The van der Waals surface area contributed by atoms with Crippen molar-refractivity contribution in [3.05, 3.63) is 52.9 Å². The number of carboxylic acid groups (broad SMARTS) is 1. The van der Waals surface area contributed by atoms with Crippen LogP contribution in [0, 0.1) is 17.0 Å². The third-order valence-electron chi connectivity index (χ3n) is 7.31. The lowest BCUT2D eigenvalue weighted by molar-refractivity contribution is -0.140. The van der Waals surface area contributed by atoms with Crippen LogP contribution >= 0.6 is 22.9 Å². The Hall–Kier alpha value is -3.30. The third-order valence-corrected chi connectivity index (χ3v) is 8.46. The fourth-order valence-corrected chi connectivity index (χ4v) is 6.31. The number of aryl methyl sites for hydroxylation is 1. The molecule has 5 rings (SSSR count). The number of halogens is 2. The fourth-order valence-electron chi connectivity index (χ4n) is 5.37. The standard InChI is InChI=1S/C28H28ClFN4O3S/c1-33-10-9-17-12-19(15-31-26(17)33)21-8-7-20(29)14-22(21)24-25(30)38-28(32-24)34(2)27(37)18(13-23(35)36)11-16-5-3-4-6-16/h7-10,12,14-16,18H,3-6,11,13H2,1-2H3,(H,35,36). The molecular formula is C28H28ClFN4O3S. The Balaban J connectivity index is 1.48. The molecule has 1 atom stereocenters. The molecule has 1 fully saturated rings. The summed E-state index contributed by atoms with van der Waals surface area (Å²) in [5, 5.41) is 10.4. The summed E-state index contributed by atoms with van der Waals surface area (Å²) in [6, 6.07) is 9.14. The van der Waals surface area contributed by atoms with Crippen molar-refractivity contribution >= 4 is 51.0 Å². The molecule has 1 unspecified atom stereocenters. The molecule has 1 N–H and O–H groups in total. The summed E-state index contributed by atoms with van der Waals surface area (Å²) in [4.78, 5) is 35.2. The minimum atomic E-state index is -1.02. The van der Waals surface area contributed by atoms with Crippen LogP contribution in [-0.4, -0.2) is 38.6 Å². The molecule has 198 valence electrons. The fraction of sp³-hybridized carbons (Fsp3) is 0.357. The van der Waals surface area contributed by atoms with Crippen molar-refractivity contribution < 1.29 is 19.1 Å². The average Bonchev–Trinajstić information content (AvgIpc) is 3.63. The van der Waals surface area contributed by atoms with Crippen molar-refractivity contribution in [3.8, 4) is 22.4 Å². The molecule has 1 aliphatic carbocycles. The number of rotatable bonds is 8. The predicted octanol–water partition coefficient (Wildman–Crippen LogP) is 6.79. The predicted molar refractivity (Wildman–Crippen MR) is 148 cm³/mol. The van der Waals surface area contributed by atoms with Gasteiger partial charge >= 0.3 is 5.97 Å². The number of anilines is 1. The molecule has 3 aromatic heterocycles. The van der Waals surface area contributed by atoms with E-state index >= 15 is 4.39 Å². The first-order valence-corrected chi connectivity index (χ1v) is 13.8. The number of carboxylic acids is 1. The summed E-state index contributed by atoms with van der Waals surface area (Å²) < 4.78 is 17.3. The molecular weight excluding hydrogens is 527 g/mol. The van der Waals surface area contributed by atoms with E-state index in [1.165, 1.54) is 11.9 Å². The van der Waals surface area contributed by atoms with Crippen molar-refractivity contribution in [3.63, 3.8) is 0 Å². The van der Waals surface area contributed by atoms with Crippen LogP contribution in [0.1, 0.15) is 38.5 Å². The van der Waals surface area contributed by atoms with Crippen molar-refractivity contribution in [2.24, 2.45) is 18.9 Å². The number of carbonyl (C=O) groups is 2. The Kier molecular flexibility index (Phi) is 7.49. The van der Waals surface area contributed by atoms with Crippen molar-refractivity contribution in [2.75, 3.05) is 11.9 Å². The van der Waals surface area contributed by atoms with E-state index in [0.717, 1.165) is 53.6 Å². The molecule has 4 aromatic rings. The zero-order chi connectivity index (χ0) is 27.0. The molecule has 0 aliphatic heterocycles. The lowest BCUT2D eigenvalue weighted by Crippen LogP contribution is -2.35. The minimum absolute atomic E-state index is 0.0842. The van der Waals surface area contributed by atoms with Crippen LogP contribution in [0.3, 0.4) is 0 Å². The van der Waals surface area contributed by atoms with Crippen LogP contribution in [0.5, 0.6) is 0 Å². The van der Waals surface area contributed by atoms with Gasteiger partial charge < -0.3 is 9.67 Å². The summed E-state index contributed by atoms with van der Waals surface area (Å²) in [5.41, 5.74) is 2.90. The third kappa shape index (κ3) is 5.31. The molecule has 3 heterocycles. The smallest absolute Gasteiger partial charge is 0.304 e. The van der Waals surface area contributed by atoms with Crippen LogP contribution in [0.15, 0.2) is 42.7 Å². The van der Waals surface area contributed by atoms with Gasteiger partial charge in [0.2, 0.25) is 11.0 Å². The van der Waals surface area contributed by atoms with Gasteiger partial charge in [0.05, 0.1) is 6.42 Å². The van der Waals surface area contributed by atoms with Crippen LogP contribution in [0.4, 0.5) is 9.52 Å². The highest BCUT2D eigenvalue weighted by Gasteiger charge is 2.31. The van der Waals surface area contributed by atoms with Crippen molar-refractivity contribution in [2.45, 2.75) is 38.5 Å². The van der Waals surface area contributed by atoms with Gasteiger partial charge in [0, 0.05) is 53.9 Å². The maximum atomic E-state index is 15.4. The lowest BCUT2D eigenvalue weighted by atomic mass is 9.90. The minimum Gasteiger partial charge on any atom is -0.481 e. The molecule has 0 spiro atoms. The summed E-state index contributed by atoms with van der Waals surface area (Å²) >= 11 is 7.07. The molecule has 1 amide bonds. The van der Waals surface area contributed by atoms with Crippen molar-refractivity contribution in [1.29, 1.82) is 0 Å². The SMILES string of the molecule is CN(C(=O)C(CC(=O)O)CC1CCCC1)c1nc(-c2cc(Cl)ccc2-c2cnc3c(ccn3C)c2)c(F)s1. The second kappa shape index (κ2) is 10.8. The zero-order valence-electron chi connectivity index (χ0n) is 21.2. The van der Waals surface area contributed by atoms with Crippen LogP contribution in [0.25, 0.3) is 33.4 Å². The number of thiazole rings is 1. The number of aromatic nitrogens is 3. The van der Waals surface area contributed by atoms with Gasteiger partial charge in [-0.2, -0.15) is 4.39 Å². The average molecular weight is 555 g/mol. The molecule has 10 heteroatoms.